The highest BCUT2D eigenvalue weighted by Crippen LogP contribution is 2.27. The minimum atomic E-state index is -3.91. The van der Waals surface area contributed by atoms with Crippen molar-refractivity contribution < 1.29 is 16.8 Å². The summed E-state index contributed by atoms with van der Waals surface area (Å²) in [6, 6.07) is 9.05. The van der Waals surface area contributed by atoms with Gasteiger partial charge in [0.2, 0.25) is 10.0 Å². The third-order valence-corrected chi connectivity index (χ3v) is 6.88. The van der Waals surface area contributed by atoms with Gasteiger partial charge >= 0.3 is 0 Å². The lowest BCUT2D eigenvalue weighted by atomic mass is 10.3. The number of nitrogens with zero attached hydrogens (tertiary/aromatic N) is 2. The molecule has 9 heteroatoms. The molecule has 2 aromatic rings. The molecule has 1 aromatic carbocycles. The lowest BCUT2D eigenvalue weighted by Crippen LogP contribution is -2.29. The Hall–Kier alpha value is -1.48. The molecule has 0 amide bonds. The molecule has 0 N–H and O–H groups in total. The summed E-state index contributed by atoms with van der Waals surface area (Å²) < 4.78 is 49.8. The van der Waals surface area contributed by atoms with Crippen LogP contribution in [0.1, 0.15) is 5.69 Å². The number of halogens is 1. The van der Waals surface area contributed by atoms with E-state index in [4.69, 9.17) is 11.6 Å². The third-order valence-electron chi connectivity index (χ3n) is 3.43. The molecule has 0 aliphatic carbocycles. The molecule has 0 aliphatic heterocycles. The van der Waals surface area contributed by atoms with E-state index >= 15 is 0 Å². The Morgan fingerprint density at radius 1 is 1.12 bits per heavy atom. The van der Waals surface area contributed by atoms with E-state index in [0.29, 0.717) is 6.42 Å². The van der Waals surface area contributed by atoms with Gasteiger partial charge in [0.05, 0.1) is 9.92 Å². The molecule has 6 nitrogen and oxygen atoms in total. The first kappa shape index (κ1) is 18.9. The van der Waals surface area contributed by atoms with Crippen molar-refractivity contribution in [1.29, 1.82) is 0 Å². The van der Waals surface area contributed by atoms with Gasteiger partial charge in [-0.25, -0.2) is 21.1 Å². The van der Waals surface area contributed by atoms with Gasteiger partial charge in [0, 0.05) is 38.2 Å². The first-order chi connectivity index (χ1) is 11.1. The second-order valence-corrected chi connectivity index (χ2v) is 9.70. The Morgan fingerprint density at radius 3 is 2.42 bits per heavy atom. The predicted octanol–water partition coefficient (Wildman–Crippen LogP) is 2.00. The molecule has 1 heterocycles. The number of benzene rings is 1. The number of hydrogen-bond acceptors (Lipinski definition) is 5. The number of sulfonamides is 1. The lowest BCUT2D eigenvalue weighted by molar-refractivity contribution is 0.471. The van der Waals surface area contributed by atoms with E-state index < -0.39 is 19.9 Å². The monoisotopic (exact) mass is 388 g/mol. The van der Waals surface area contributed by atoms with Crippen LogP contribution < -0.4 is 0 Å². The minimum Gasteiger partial charge on any atom is -0.261 e. The second-order valence-electron chi connectivity index (χ2n) is 5.26. The number of pyridine rings is 1. The molecule has 0 fully saturated rings. The molecule has 0 saturated heterocycles. The standard InChI is InChI=1S/C15H17ClN2O4S2/c1-18(10-8-12-5-3-4-9-17-12)24(21,22)15-11-13(23(2,19)20)6-7-14(15)16/h3-7,9,11H,8,10H2,1-2H3. The number of likely N-dealkylation sites (N-methyl/N-ethyl adjacent to an activating group) is 1. The fourth-order valence-electron chi connectivity index (χ4n) is 2.02. The fraction of sp³-hybridized carbons (Fsp3) is 0.267. The maximum absolute atomic E-state index is 12.7. The van der Waals surface area contributed by atoms with E-state index in [2.05, 4.69) is 4.98 Å². The Labute approximate surface area is 147 Å². The lowest BCUT2D eigenvalue weighted by Gasteiger charge is -2.18. The highest BCUT2D eigenvalue weighted by atomic mass is 35.5. The molecule has 0 spiro atoms. The van der Waals surface area contributed by atoms with Gasteiger partial charge in [0.25, 0.3) is 0 Å². The second kappa shape index (κ2) is 7.18. The Balaban J connectivity index is 2.29. The predicted molar refractivity (Wildman–Crippen MR) is 92.3 cm³/mol. The smallest absolute Gasteiger partial charge is 0.244 e. The molecule has 2 rings (SSSR count). The van der Waals surface area contributed by atoms with Crippen LogP contribution in [0.3, 0.4) is 0 Å². The minimum absolute atomic E-state index is 0.0212. The van der Waals surface area contributed by atoms with Gasteiger partial charge in [0.15, 0.2) is 9.84 Å². The van der Waals surface area contributed by atoms with E-state index in [0.717, 1.165) is 22.3 Å². The average Bonchev–Trinajstić information content (AvgIpc) is 2.52. The van der Waals surface area contributed by atoms with Crippen LogP contribution in [-0.4, -0.2) is 46.0 Å². The molecule has 0 atom stereocenters. The fourth-order valence-corrected chi connectivity index (χ4v) is 4.41. The van der Waals surface area contributed by atoms with Gasteiger partial charge in [-0.15, -0.1) is 0 Å². The van der Waals surface area contributed by atoms with E-state index in [9.17, 15) is 16.8 Å². The normalized spacial score (nSPS) is 12.5. The highest BCUT2D eigenvalue weighted by molar-refractivity contribution is 7.91. The first-order valence-electron chi connectivity index (χ1n) is 6.98. The number of hydrogen-bond donors (Lipinski definition) is 0. The van der Waals surface area contributed by atoms with Crippen molar-refractivity contribution in [3.63, 3.8) is 0 Å². The van der Waals surface area contributed by atoms with Crippen molar-refractivity contribution in [3.05, 3.63) is 53.3 Å². The van der Waals surface area contributed by atoms with Crippen molar-refractivity contribution >= 4 is 31.5 Å². The summed E-state index contributed by atoms with van der Waals surface area (Å²) in [4.78, 5) is 3.82. The number of sulfone groups is 1. The molecule has 0 unspecified atom stereocenters. The van der Waals surface area contributed by atoms with Crippen LogP contribution in [0.5, 0.6) is 0 Å². The largest absolute Gasteiger partial charge is 0.261 e. The molecule has 130 valence electrons. The van der Waals surface area contributed by atoms with Gasteiger partial charge in [-0.05, 0) is 30.3 Å². The summed E-state index contributed by atoms with van der Waals surface area (Å²) in [6.07, 6.45) is 3.08. The first-order valence-corrected chi connectivity index (χ1v) is 10.7. The summed E-state index contributed by atoms with van der Waals surface area (Å²) >= 11 is 5.98. The van der Waals surface area contributed by atoms with Gasteiger partial charge in [-0.2, -0.15) is 0 Å². The van der Waals surface area contributed by atoms with Crippen LogP contribution >= 0.6 is 11.6 Å². The SMILES string of the molecule is CN(CCc1ccccn1)S(=O)(=O)c1cc(S(C)(=O)=O)ccc1Cl. The van der Waals surface area contributed by atoms with Crippen LogP contribution in [-0.2, 0) is 26.3 Å². The Kier molecular flexibility index (Phi) is 5.64. The third kappa shape index (κ3) is 4.32. The van der Waals surface area contributed by atoms with Gasteiger partial charge in [-0.3, -0.25) is 4.98 Å². The number of aromatic nitrogens is 1. The van der Waals surface area contributed by atoms with Gasteiger partial charge < -0.3 is 0 Å². The van der Waals surface area contributed by atoms with E-state index in [1.165, 1.54) is 19.2 Å². The Morgan fingerprint density at radius 2 is 1.83 bits per heavy atom. The zero-order valence-corrected chi connectivity index (χ0v) is 15.6. The maximum atomic E-state index is 12.7. The van der Waals surface area contributed by atoms with Crippen molar-refractivity contribution in [2.24, 2.45) is 0 Å². The van der Waals surface area contributed by atoms with E-state index in [-0.39, 0.29) is 21.4 Å². The topological polar surface area (TPSA) is 84.4 Å². The van der Waals surface area contributed by atoms with Crippen molar-refractivity contribution in [2.75, 3.05) is 19.8 Å². The van der Waals surface area contributed by atoms with Crippen LogP contribution in [0, 0.1) is 0 Å². The van der Waals surface area contributed by atoms with Crippen LogP contribution in [0.4, 0.5) is 0 Å². The Bertz CT molecular complexity index is 929. The van der Waals surface area contributed by atoms with Crippen LogP contribution in [0.25, 0.3) is 0 Å². The molecule has 1 aromatic heterocycles. The molecule has 0 radical (unpaired) electrons. The number of rotatable bonds is 6. The van der Waals surface area contributed by atoms with E-state index in [1.807, 2.05) is 6.07 Å². The summed E-state index contributed by atoms with van der Waals surface area (Å²) in [5.41, 5.74) is 0.760. The average molecular weight is 389 g/mol. The van der Waals surface area contributed by atoms with Crippen molar-refractivity contribution in [2.45, 2.75) is 16.2 Å². The van der Waals surface area contributed by atoms with Gasteiger partial charge in [-0.1, -0.05) is 17.7 Å². The van der Waals surface area contributed by atoms with E-state index in [1.54, 1.807) is 18.3 Å². The zero-order valence-electron chi connectivity index (χ0n) is 13.2. The van der Waals surface area contributed by atoms with Gasteiger partial charge in [0.1, 0.15) is 4.90 Å². The molecule has 0 aliphatic rings. The molecule has 24 heavy (non-hydrogen) atoms. The summed E-state index contributed by atoms with van der Waals surface area (Å²) in [6.45, 7) is 0.193. The highest BCUT2D eigenvalue weighted by Gasteiger charge is 2.25. The summed E-state index contributed by atoms with van der Waals surface area (Å²) in [7, 11) is -6.03. The van der Waals surface area contributed by atoms with Crippen LogP contribution in [0.15, 0.2) is 52.4 Å². The molecular formula is C15H17ClN2O4S2. The quantitative estimate of drug-likeness (QED) is 0.755. The van der Waals surface area contributed by atoms with Crippen molar-refractivity contribution in [3.8, 4) is 0 Å². The van der Waals surface area contributed by atoms with Crippen LogP contribution in [0.2, 0.25) is 5.02 Å². The molecular weight excluding hydrogens is 372 g/mol. The summed E-state index contributed by atoms with van der Waals surface area (Å²) in [5.74, 6) is 0. The molecule has 0 saturated carbocycles. The van der Waals surface area contributed by atoms with Crippen molar-refractivity contribution in [1.82, 2.24) is 9.29 Å². The maximum Gasteiger partial charge on any atom is 0.244 e. The zero-order chi connectivity index (χ0) is 18.0. The summed E-state index contributed by atoms with van der Waals surface area (Å²) in [5, 5.41) is -0.0212. The molecule has 0 bridgehead atoms.